The third-order valence-corrected chi connectivity index (χ3v) is 5.77. The van der Waals surface area contributed by atoms with Crippen LogP contribution in [0.3, 0.4) is 0 Å². The van der Waals surface area contributed by atoms with Gasteiger partial charge in [0.25, 0.3) is 0 Å². The van der Waals surface area contributed by atoms with E-state index in [0.717, 1.165) is 5.56 Å². The fourth-order valence-electron chi connectivity index (χ4n) is 2.69. The van der Waals surface area contributed by atoms with E-state index in [0.29, 0.717) is 10.0 Å². The van der Waals surface area contributed by atoms with Crippen molar-refractivity contribution in [2.75, 3.05) is 7.05 Å². The molecule has 100 valence electrons. The van der Waals surface area contributed by atoms with Crippen LogP contribution in [0.15, 0.2) is 24.3 Å². The molecule has 1 atom stereocenters. The minimum Gasteiger partial charge on any atom is -0.309 e. The number of rotatable bonds is 3. The summed E-state index contributed by atoms with van der Waals surface area (Å²) in [6.45, 7) is 0. The zero-order valence-electron chi connectivity index (χ0n) is 10.7. The SMILES string of the molecule is CNC(c1cc2c(s1)CCC2)c1cccc(Cl)c1Cl. The number of halogens is 2. The molecule has 0 aliphatic heterocycles. The van der Waals surface area contributed by atoms with Crippen LogP contribution < -0.4 is 5.32 Å². The van der Waals surface area contributed by atoms with Gasteiger partial charge in [0, 0.05) is 9.75 Å². The third-order valence-electron chi connectivity index (χ3n) is 3.63. The molecule has 19 heavy (non-hydrogen) atoms. The summed E-state index contributed by atoms with van der Waals surface area (Å²) < 4.78 is 0. The Balaban J connectivity index is 2.02. The molecule has 0 amide bonds. The smallest absolute Gasteiger partial charge is 0.0683 e. The lowest BCUT2D eigenvalue weighted by Gasteiger charge is -2.17. The van der Waals surface area contributed by atoms with Crippen molar-refractivity contribution in [3.05, 3.63) is 55.2 Å². The number of fused-ring (bicyclic) bond motifs is 1. The van der Waals surface area contributed by atoms with Crippen LogP contribution in [0.5, 0.6) is 0 Å². The van der Waals surface area contributed by atoms with Gasteiger partial charge in [0.1, 0.15) is 0 Å². The Labute approximate surface area is 127 Å². The molecule has 4 heteroatoms. The monoisotopic (exact) mass is 311 g/mol. The van der Waals surface area contributed by atoms with Crippen molar-refractivity contribution in [2.24, 2.45) is 0 Å². The van der Waals surface area contributed by atoms with Gasteiger partial charge < -0.3 is 5.32 Å². The predicted octanol–water partition coefficient (Wildman–Crippen LogP) is 4.85. The minimum absolute atomic E-state index is 0.127. The highest BCUT2D eigenvalue weighted by Crippen LogP contribution is 2.39. The topological polar surface area (TPSA) is 12.0 Å². The second-order valence-electron chi connectivity index (χ2n) is 4.82. The number of thiophene rings is 1. The summed E-state index contributed by atoms with van der Waals surface area (Å²) in [6.07, 6.45) is 3.73. The molecule has 0 spiro atoms. The molecule has 0 saturated heterocycles. The summed E-state index contributed by atoms with van der Waals surface area (Å²) in [5.74, 6) is 0. The van der Waals surface area contributed by atoms with Gasteiger partial charge in [0.05, 0.1) is 16.1 Å². The second kappa shape index (κ2) is 5.45. The number of benzene rings is 1. The molecule has 1 unspecified atom stereocenters. The van der Waals surface area contributed by atoms with Crippen LogP contribution in [-0.4, -0.2) is 7.05 Å². The Morgan fingerprint density at radius 1 is 1.26 bits per heavy atom. The average Bonchev–Trinajstić information content (AvgIpc) is 2.96. The van der Waals surface area contributed by atoms with E-state index in [2.05, 4.69) is 11.4 Å². The number of hydrogen-bond donors (Lipinski definition) is 1. The van der Waals surface area contributed by atoms with Crippen molar-refractivity contribution < 1.29 is 0 Å². The molecule has 2 aromatic rings. The van der Waals surface area contributed by atoms with E-state index in [9.17, 15) is 0 Å². The van der Waals surface area contributed by atoms with Crippen molar-refractivity contribution in [3.63, 3.8) is 0 Å². The molecule has 1 N–H and O–H groups in total. The van der Waals surface area contributed by atoms with Crippen molar-refractivity contribution in [3.8, 4) is 0 Å². The molecule has 0 saturated carbocycles. The molecule has 0 fully saturated rings. The molecule has 0 bridgehead atoms. The van der Waals surface area contributed by atoms with Gasteiger partial charge in [-0.25, -0.2) is 0 Å². The standard InChI is InChI=1S/C15H15Cl2NS/c1-18-15(10-5-3-6-11(16)14(10)17)13-8-9-4-2-7-12(9)19-13/h3,5-6,8,15,18H,2,4,7H2,1H3. The highest BCUT2D eigenvalue weighted by molar-refractivity contribution is 7.12. The van der Waals surface area contributed by atoms with E-state index in [1.165, 1.54) is 34.6 Å². The summed E-state index contributed by atoms with van der Waals surface area (Å²) >= 11 is 14.4. The van der Waals surface area contributed by atoms with Gasteiger partial charge in [-0.3, -0.25) is 0 Å². The molecule has 1 aromatic heterocycles. The summed E-state index contributed by atoms with van der Waals surface area (Å²) in [5.41, 5.74) is 2.56. The predicted molar refractivity (Wildman–Crippen MR) is 83.7 cm³/mol. The first-order valence-electron chi connectivity index (χ1n) is 6.43. The van der Waals surface area contributed by atoms with Gasteiger partial charge in [0.15, 0.2) is 0 Å². The van der Waals surface area contributed by atoms with Crippen molar-refractivity contribution in [2.45, 2.75) is 25.3 Å². The largest absolute Gasteiger partial charge is 0.309 e. The average molecular weight is 312 g/mol. The van der Waals surface area contributed by atoms with Crippen LogP contribution in [0, 0.1) is 0 Å². The molecule has 1 heterocycles. The molecule has 1 aromatic carbocycles. The van der Waals surface area contributed by atoms with Gasteiger partial charge in [-0.15, -0.1) is 11.3 Å². The normalized spacial score (nSPS) is 15.5. The lowest BCUT2D eigenvalue weighted by molar-refractivity contribution is 0.703. The number of nitrogens with one attached hydrogen (secondary N) is 1. The van der Waals surface area contributed by atoms with Crippen molar-refractivity contribution in [1.82, 2.24) is 5.32 Å². The van der Waals surface area contributed by atoms with Gasteiger partial charge in [-0.2, -0.15) is 0 Å². The fourth-order valence-corrected chi connectivity index (χ4v) is 4.49. The van der Waals surface area contributed by atoms with Gasteiger partial charge in [0.2, 0.25) is 0 Å². The van der Waals surface area contributed by atoms with Crippen molar-refractivity contribution in [1.29, 1.82) is 0 Å². The lowest BCUT2D eigenvalue weighted by Crippen LogP contribution is -2.17. The zero-order valence-corrected chi connectivity index (χ0v) is 13.0. The number of aryl methyl sites for hydroxylation is 2. The Kier molecular flexibility index (Phi) is 3.86. The van der Waals surface area contributed by atoms with Gasteiger partial charge in [-0.05, 0) is 49.6 Å². The van der Waals surface area contributed by atoms with Crippen LogP contribution in [0.1, 0.15) is 33.3 Å². The van der Waals surface area contributed by atoms with E-state index < -0.39 is 0 Å². The van der Waals surface area contributed by atoms with Crippen LogP contribution in [-0.2, 0) is 12.8 Å². The first kappa shape index (κ1) is 13.4. The highest BCUT2D eigenvalue weighted by atomic mass is 35.5. The van der Waals surface area contributed by atoms with E-state index in [-0.39, 0.29) is 6.04 Å². The Hall–Kier alpha value is -0.540. The van der Waals surface area contributed by atoms with E-state index in [1.54, 1.807) is 0 Å². The molecular weight excluding hydrogens is 297 g/mol. The van der Waals surface area contributed by atoms with E-state index >= 15 is 0 Å². The molecule has 1 nitrogen and oxygen atoms in total. The molecular formula is C15H15Cl2NS. The quantitative estimate of drug-likeness (QED) is 0.854. The zero-order chi connectivity index (χ0) is 13.4. The molecule has 0 radical (unpaired) electrons. The first-order valence-corrected chi connectivity index (χ1v) is 8.00. The van der Waals surface area contributed by atoms with E-state index in [4.69, 9.17) is 23.2 Å². The summed E-state index contributed by atoms with van der Waals surface area (Å²) in [4.78, 5) is 2.87. The Bertz CT molecular complexity index is 585. The summed E-state index contributed by atoms with van der Waals surface area (Å²) in [7, 11) is 1.97. The van der Waals surface area contributed by atoms with Crippen LogP contribution in [0.4, 0.5) is 0 Å². The van der Waals surface area contributed by atoms with Gasteiger partial charge in [-0.1, -0.05) is 35.3 Å². The maximum atomic E-state index is 6.34. The maximum absolute atomic E-state index is 6.34. The maximum Gasteiger partial charge on any atom is 0.0683 e. The molecule has 1 aliphatic carbocycles. The third kappa shape index (κ3) is 2.43. The molecule has 1 aliphatic rings. The first-order chi connectivity index (χ1) is 9.20. The summed E-state index contributed by atoms with van der Waals surface area (Å²) in [5, 5.41) is 4.62. The molecule has 3 rings (SSSR count). The van der Waals surface area contributed by atoms with Crippen LogP contribution in [0.2, 0.25) is 10.0 Å². The number of hydrogen-bond acceptors (Lipinski definition) is 2. The van der Waals surface area contributed by atoms with Crippen molar-refractivity contribution >= 4 is 34.5 Å². The van der Waals surface area contributed by atoms with Gasteiger partial charge >= 0.3 is 0 Å². The van der Waals surface area contributed by atoms with Crippen LogP contribution in [0.25, 0.3) is 0 Å². The Morgan fingerprint density at radius 2 is 2.11 bits per heavy atom. The minimum atomic E-state index is 0.127. The highest BCUT2D eigenvalue weighted by Gasteiger charge is 2.22. The fraction of sp³-hybridized carbons (Fsp3) is 0.333. The van der Waals surface area contributed by atoms with E-state index in [1.807, 2.05) is 36.6 Å². The van der Waals surface area contributed by atoms with Crippen LogP contribution >= 0.6 is 34.5 Å². The lowest BCUT2D eigenvalue weighted by atomic mass is 10.0. The second-order valence-corrected chi connectivity index (χ2v) is 6.77. The Morgan fingerprint density at radius 3 is 2.84 bits per heavy atom. The summed E-state index contributed by atoms with van der Waals surface area (Å²) in [6, 6.07) is 8.27.